The molecule has 33 heavy (non-hydrogen) atoms. The molecule has 0 saturated heterocycles. The van der Waals surface area contributed by atoms with Gasteiger partial charge in [0.15, 0.2) is 0 Å². The first-order valence-corrected chi connectivity index (χ1v) is 13.0. The normalized spacial score (nSPS) is 12.0. The van der Waals surface area contributed by atoms with Gasteiger partial charge in [0.25, 0.3) is 0 Å². The first-order valence-electron chi connectivity index (χ1n) is 13.0. The van der Waals surface area contributed by atoms with Crippen LogP contribution in [0.1, 0.15) is 94.9 Å². The highest BCUT2D eigenvalue weighted by Crippen LogP contribution is 2.28. The summed E-state index contributed by atoms with van der Waals surface area (Å²) in [6.07, 6.45) is 13.2. The fourth-order valence-electron chi connectivity index (χ4n) is 4.19. The molecule has 3 aromatic rings. The van der Waals surface area contributed by atoms with Gasteiger partial charge in [-0.25, -0.2) is 0 Å². The lowest BCUT2D eigenvalue weighted by molar-refractivity contribution is 0.304. The molecule has 2 aromatic carbocycles. The van der Waals surface area contributed by atoms with Crippen molar-refractivity contribution in [3.8, 4) is 16.9 Å². The average Bonchev–Trinajstić information content (AvgIpc) is 2.87. The van der Waals surface area contributed by atoms with Gasteiger partial charge in [0.1, 0.15) is 5.75 Å². The average molecular weight is 444 g/mol. The van der Waals surface area contributed by atoms with Gasteiger partial charge < -0.3 is 4.74 Å². The molecule has 0 amide bonds. The van der Waals surface area contributed by atoms with E-state index in [0.29, 0.717) is 5.92 Å². The van der Waals surface area contributed by atoms with Crippen molar-refractivity contribution in [2.75, 3.05) is 6.61 Å². The second kappa shape index (κ2) is 13.8. The molecule has 0 spiro atoms. The van der Waals surface area contributed by atoms with Crippen LogP contribution in [0.4, 0.5) is 0 Å². The predicted molar refractivity (Wildman–Crippen MR) is 141 cm³/mol. The molecule has 1 aromatic heterocycles. The summed E-state index contributed by atoms with van der Waals surface area (Å²) in [7, 11) is 0. The largest absolute Gasteiger partial charge is 0.494 e. The van der Waals surface area contributed by atoms with Crippen molar-refractivity contribution in [3.63, 3.8) is 0 Å². The van der Waals surface area contributed by atoms with Crippen LogP contribution >= 0.6 is 0 Å². The number of aromatic nitrogens is 1. The Morgan fingerprint density at radius 3 is 1.91 bits per heavy atom. The lowest BCUT2D eigenvalue weighted by Gasteiger charge is -2.14. The van der Waals surface area contributed by atoms with Gasteiger partial charge in [-0.15, -0.1) is 0 Å². The molecular weight excluding hydrogens is 402 g/mol. The maximum Gasteiger partial charge on any atom is 0.119 e. The summed E-state index contributed by atoms with van der Waals surface area (Å²) in [4.78, 5) is 4.70. The Balaban J connectivity index is 1.53. The van der Waals surface area contributed by atoms with Crippen LogP contribution in [-0.2, 0) is 6.42 Å². The summed E-state index contributed by atoms with van der Waals surface area (Å²) in [6, 6.07) is 21.9. The first-order chi connectivity index (χ1) is 16.2. The Labute approximate surface area is 201 Å². The van der Waals surface area contributed by atoms with Crippen molar-refractivity contribution in [2.45, 2.75) is 84.5 Å². The van der Waals surface area contributed by atoms with E-state index >= 15 is 0 Å². The SMILES string of the molecule is CCCCCCCOc1ccc(-c2ccc(C(C)c3ccc(CCCCC)nc3)cc2)cc1. The van der Waals surface area contributed by atoms with Gasteiger partial charge in [0.05, 0.1) is 6.61 Å². The number of nitrogens with zero attached hydrogens (tertiary/aromatic N) is 1. The second-order valence-electron chi connectivity index (χ2n) is 9.17. The molecule has 2 heteroatoms. The zero-order valence-corrected chi connectivity index (χ0v) is 20.9. The van der Waals surface area contributed by atoms with Gasteiger partial charge >= 0.3 is 0 Å². The van der Waals surface area contributed by atoms with Gasteiger partial charge in [-0.3, -0.25) is 4.98 Å². The van der Waals surface area contributed by atoms with Crippen molar-refractivity contribution in [1.29, 1.82) is 0 Å². The topological polar surface area (TPSA) is 22.1 Å². The van der Waals surface area contributed by atoms with E-state index in [0.717, 1.165) is 25.2 Å². The van der Waals surface area contributed by atoms with Gasteiger partial charge in [-0.05, 0) is 59.7 Å². The fourth-order valence-corrected chi connectivity index (χ4v) is 4.19. The van der Waals surface area contributed by atoms with Gasteiger partial charge in [0.2, 0.25) is 0 Å². The first kappa shape index (κ1) is 25.0. The summed E-state index contributed by atoms with van der Waals surface area (Å²) in [5.41, 5.74) is 6.27. The number of pyridine rings is 1. The lowest BCUT2D eigenvalue weighted by atomic mass is 9.92. The van der Waals surface area contributed by atoms with Crippen LogP contribution in [-0.4, -0.2) is 11.6 Å². The molecule has 0 N–H and O–H groups in total. The third-order valence-electron chi connectivity index (χ3n) is 6.50. The highest BCUT2D eigenvalue weighted by atomic mass is 16.5. The summed E-state index contributed by atoms with van der Waals surface area (Å²) >= 11 is 0. The maximum atomic E-state index is 5.91. The molecule has 0 radical (unpaired) electrons. The quantitative estimate of drug-likeness (QED) is 0.232. The molecule has 1 unspecified atom stereocenters. The van der Waals surface area contributed by atoms with Crippen LogP contribution < -0.4 is 4.74 Å². The van der Waals surface area contributed by atoms with E-state index in [4.69, 9.17) is 9.72 Å². The summed E-state index contributed by atoms with van der Waals surface area (Å²) in [5, 5.41) is 0. The molecule has 1 heterocycles. The van der Waals surface area contributed by atoms with E-state index in [2.05, 4.69) is 87.6 Å². The lowest BCUT2D eigenvalue weighted by Crippen LogP contribution is -1.99. The number of hydrogen-bond acceptors (Lipinski definition) is 2. The van der Waals surface area contributed by atoms with E-state index in [1.54, 1.807) is 0 Å². The standard InChI is InChI=1S/C31H41NO/c1-4-6-8-9-11-23-33-31-21-18-28(19-22-31)27-15-13-26(14-16-27)25(3)29-17-20-30(32-24-29)12-10-7-5-2/h13-22,24-25H,4-12,23H2,1-3H3. The molecule has 1 atom stereocenters. The van der Waals surface area contributed by atoms with E-state index in [-0.39, 0.29) is 0 Å². The van der Waals surface area contributed by atoms with Crippen LogP contribution in [0.3, 0.4) is 0 Å². The second-order valence-corrected chi connectivity index (χ2v) is 9.17. The Bertz CT molecular complexity index is 913. The third kappa shape index (κ3) is 8.03. The van der Waals surface area contributed by atoms with Crippen molar-refractivity contribution in [3.05, 3.63) is 83.7 Å². The highest BCUT2D eigenvalue weighted by molar-refractivity contribution is 5.64. The molecule has 0 saturated carbocycles. The van der Waals surface area contributed by atoms with Crippen molar-refractivity contribution in [2.24, 2.45) is 0 Å². The minimum atomic E-state index is 0.337. The molecule has 0 aliphatic carbocycles. The molecule has 2 nitrogen and oxygen atoms in total. The third-order valence-corrected chi connectivity index (χ3v) is 6.50. The monoisotopic (exact) mass is 443 g/mol. The summed E-state index contributed by atoms with van der Waals surface area (Å²) in [5.74, 6) is 1.30. The van der Waals surface area contributed by atoms with Crippen molar-refractivity contribution < 1.29 is 4.74 Å². The Hall–Kier alpha value is -2.61. The van der Waals surface area contributed by atoms with Crippen LogP contribution in [0, 0.1) is 0 Å². The fraction of sp³-hybridized carbons (Fsp3) is 0.452. The zero-order chi connectivity index (χ0) is 23.3. The van der Waals surface area contributed by atoms with Crippen LogP contribution in [0.5, 0.6) is 5.75 Å². The van der Waals surface area contributed by atoms with Crippen LogP contribution in [0.15, 0.2) is 66.9 Å². The van der Waals surface area contributed by atoms with Crippen LogP contribution in [0.2, 0.25) is 0 Å². The Kier molecular flexibility index (Phi) is 10.5. The number of benzene rings is 2. The molecule has 0 aliphatic rings. The molecule has 0 fully saturated rings. The number of hydrogen-bond donors (Lipinski definition) is 0. The number of unbranched alkanes of at least 4 members (excludes halogenated alkanes) is 6. The van der Waals surface area contributed by atoms with E-state index in [1.165, 1.54) is 72.9 Å². The molecule has 3 rings (SSSR count). The summed E-state index contributed by atoms with van der Waals surface area (Å²) < 4.78 is 5.91. The minimum Gasteiger partial charge on any atom is -0.494 e. The predicted octanol–water partition coefficient (Wildman–Crippen LogP) is 8.98. The molecule has 0 aliphatic heterocycles. The number of rotatable bonds is 14. The van der Waals surface area contributed by atoms with Gasteiger partial charge in [-0.2, -0.15) is 0 Å². The number of ether oxygens (including phenoxy) is 1. The Morgan fingerprint density at radius 1 is 0.667 bits per heavy atom. The summed E-state index contributed by atoms with van der Waals surface area (Å²) in [6.45, 7) is 7.56. The maximum absolute atomic E-state index is 5.91. The van der Waals surface area contributed by atoms with Crippen LogP contribution in [0.25, 0.3) is 11.1 Å². The van der Waals surface area contributed by atoms with Gasteiger partial charge in [-0.1, -0.05) is 102 Å². The smallest absolute Gasteiger partial charge is 0.119 e. The molecular formula is C31H41NO. The van der Waals surface area contributed by atoms with Crippen molar-refractivity contribution in [1.82, 2.24) is 4.98 Å². The minimum absolute atomic E-state index is 0.337. The molecule has 0 bridgehead atoms. The van der Waals surface area contributed by atoms with E-state index in [9.17, 15) is 0 Å². The van der Waals surface area contributed by atoms with Crippen molar-refractivity contribution >= 4 is 0 Å². The molecule has 176 valence electrons. The van der Waals surface area contributed by atoms with E-state index in [1.807, 2.05) is 0 Å². The zero-order valence-electron chi connectivity index (χ0n) is 20.9. The van der Waals surface area contributed by atoms with Gasteiger partial charge in [0, 0.05) is 17.8 Å². The highest BCUT2D eigenvalue weighted by Gasteiger charge is 2.10. The Morgan fingerprint density at radius 2 is 1.27 bits per heavy atom. The number of aryl methyl sites for hydroxylation is 1. The van der Waals surface area contributed by atoms with E-state index < -0.39 is 0 Å².